The number of carbonyl (C=O) groups is 1. The molecule has 3 N–H and O–H groups in total. The van der Waals surface area contributed by atoms with E-state index < -0.39 is 20.6 Å². The molecule has 1 aliphatic carbocycles. The van der Waals surface area contributed by atoms with Crippen molar-refractivity contribution in [3.05, 3.63) is 36.0 Å². The summed E-state index contributed by atoms with van der Waals surface area (Å²) < 4.78 is 30.4. The van der Waals surface area contributed by atoms with Gasteiger partial charge in [0.15, 0.2) is 15.7 Å². The zero-order chi connectivity index (χ0) is 24.2. The maximum absolute atomic E-state index is 13.0. The Morgan fingerprint density at radius 1 is 1.15 bits per heavy atom. The summed E-state index contributed by atoms with van der Waals surface area (Å²) in [5, 5.41) is 14.1. The highest BCUT2D eigenvalue weighted by Crippen LogP contribution is 2.45. The zero-order valence-electron chi connectivity index (χ0n) is 19.3. The number of morpholine rings is 1. The third kappa shape index (κ3) is 5.16. The third-order valence-electron chi connectivity index (χ3n) is 6.43. The van der Waals surface area contributed by atoms with E-state index in [0.29, 0.717) is 62.2 Å². The molecule has 0 bridgehead atoms. The standard InChI is InChI=1S/C23H31N5O5S/c1-34(31,32)23(8-2-3-9-23)19-16-20(28-11-14-33-15-12-28)27-21(26-19)17-4-6-18(7-5-17)25-22(30)24-10-13-29/h4-7,16,29H,2-3,8-15H2,1H3,(H2,24,25,30). The van der Waals surface area contributed by atoms with Gasteiger partial charge in [0.2, 0.25) is 0 Å². The van der Waals surface area contributed by atoms with Crippen LogP contribution in [0.3, 0.4) is 0 Å². The number of carbonyl (C=O) groups excluding carboxylic acids is 1. The number of rotatable bonds is 7. The minimum atomic E-state index is -3.40. The van der Waals surface area contributed by atoms with Crippen LogP contribution in [0.25, 0.3) is 11.4 Å². The van der Waals surface area contributed by atoms with Gasteiger partial charge in [0.25, 0.3) is 0 Å². The number of hydrogen-bond acceptors (Lipinski definition) is 8. The number of aliphatic hydroxyl groups excluding tert-OH is 1. The van der Waals surface area contributed by atoms with Gasteiger partial charge in [-0.1, -0.05) is 12.8 Å². The average Bonchev–Trinajstić information content (AvgIpc) is 3.35. The number of hydrogen-bond donors (Lipinski definition) is 3. The molecule has 34 heavy (non-hydrogen) atoms. The SMILES string of the molecule is CS(=O)(=O)C1(c2cc(N3CCOCC3)nc(-c3ccc(NC(=O)NCCO)cc3)n2)CCCC1. The van der Waals surface area contributed by atoms with Crippen LogP contribution in [0.5, 0.6) is 0 Å². The largest absolute Gasteiger partial charge is 0.395 e. The number of aromatic nitrogens is 2. The molecule has 2 aromatic rings. The summed E-state index contributed by atoms with van der Waals surface area (Å²) in [6.07, 6.45) is 4.10. The average molecular weight is 490 g/mol. The van der Waals surface area contributed by atoms with Crippen LogP contribution in [0.1, 0.15) is 31.4 Å². The highest BCUT2D eigenvalue weighted by Gasteiger charge is 2.46. The van der Waals surface area contributed by atoms with E-state index in [1.54, 1.807) is 24.3 Å². The van der Waals surface area contributed by atoms with Gasteiger partial charge in [0, 0.05) is 43.2 Å². The fourth-order valence-electron chi connectivity index (χ4n) is 4.56. The summed E-state index contributed by atoms with van der Waals surface area (Å²) in [6.45, 7) is 2.55. The maximum Gasteiger partial charge on any atom is 0.319 e. The van der Waals surface area contributed by atoms with Crippen molar-refractivity contribution in [2.24, 2.45) is 0 Å². The second kappa shape index (κ2) is 10.2. The van der Waals surface area contributed by atoms with Gasteiger partial charge in [-0.3, -0.25) is 0 Å². The molecule has 10 nitrogen and oxygen atoms in total. The molecular weight excluding hydrogens is 458 g/mol. The highest BCUT2D eigenvalue weighted by atomic mass is 32.2. The number of aliphatic hydroxyl groups is 1. The number of urea groups is 1. The van der Waals surface area contributed by atoms with Crippen LogP contribution in [-0.4, -0.2) is 75.2 Å². The van der Waals surface area contributed by atoms with Gasteiger partial charge < -0.3 is 25.4 Å². The first-order valence-electron chi connectivity index (χ1n) is 11.5. The topological polar surface area (TPSA) is 134 Å². The van der Waals surface area contributed by atoms with Gasteiger partial charge in [-0.05, 0) is 37.1 Å². The summed E-state index contributed by atoms with van der Waals surface area (Å²) in [7, 11) is -3.40. The third-order valence-corrected chi connectivity index (χ3v) is 8.47. The Bertz CT molecular complexity index is 1110. The fourth-order valence-corrected chi connectivity index (χ4v) is 6.08. The van der Waals surface area contributed by atoms with Gasteiger partial charge >= 0.3 is 6.03 Å². The molecule has 2 amide bonds. The minimum Gasteiger partial charge on any atom is -0.395 e. The number of ether oxygens (including phenoxy) is 1. The Kier molecular flexibility index (Phi) is 7.34. The second-order valence-electron chi connectivity index (χ2n) is 8.69. The summed E-state index contributed by atoms with van der Waals surface area (Å²) >= 11 is 0. The summed E-state index contributed by atoms with van der Waals surface area (Å²) in [4.78, 5) is 23.5. The highest BCUT2D eigenvalue weighted by molar-refractivity contribution is 7.91. The van der Waals surface area contributed by atoms with Crippen LogP contribution in [0.2, 0.25) is 0 Å². The Morgan fingerprint density at radius 3 is 2.44 bits per heavy atom. The first kappa shape index (κ1) is 24.4. The molecule has 2 aliphatic rings. The van der Waals surface area contributed by atoms with E-state index in [0.717, 1.165) is 18.4 Å². The molecule has 0 unspecified atom stereocenters. The normalized spacial score (nSPS) is 18.0. The number of anilines is 2. The number of benzene rings is 1. The summed E-state index contributed by atoms with van der Waals surface area (Å²) in [6, 6.07) is 8.49. The first-order chi connectivity index (χ1) is 16.3. The van der Waals surface area contributed by atoms with Gasteiger partial charge in [0.05, 0.1) is 25.5 Å². The zero-order valence-corrected chi connectivity index (χ0v) is 20.1. The van der Waals surface area contributed by atoms with Gasteiger partial charge in [-0.25, -0.2) is 23.2 Å². The van der Waals surface area contributed by atoms with E-state index in [2.05, 4.69) is 15.5 Å². The molecule has 0 atom stereocenters. The van der Waals surface area contributed by atoms with Crippen molar-refractivity contribution < 1.29 is 23.1 Å². The molecule has 2 heterocycles. The number of sulfone groups is 1. The Labute approximate surface area is 199 Å². The van der Waals surface area contributed by atoms with Crippen LogP contribution in [0, 0.1) is 0 Å². The van der Waals surface area contributed by atoms with Crippen molar-refractivity contribution in [2.45, 2.75) is 30.4 Å². The molecule has 1 aromatic carbocycles. The molecule has 1 aliphatic heterocycles. The molecule has 11 heteroatoms. The molecule has 1 aromatic heterocycles. The molecule has 0 radical (unpaired) electrons. The molecule has 0 spiro atoms. The van der Waals surface area contributed by atoms with Crippen LogP contribution < -0.4 is 15.5 Å². The van der Waals surface area contributed by atoms with Crippen molar-refractivity contribution >= 4 is 27.4 Å². The van der Waals surface area contributed by atoms with Crippen molar-refractivity contribution in [3.63, 3.8) is 0 Å². The van der Waals surface area contributed by atoms with Crippen LogP contribution in [0.4, 0.5) is 16.3 Å². The lowest BCUT2D eigenvalue weighted by molar-refractivity contribution is 0.122. The fraction of sp³-hybridized carbons (Fsp3) is 0.522. The van der Waals surface area contributed by atoms with Crippen LogP contribution >= 0.6 is 0 Å². The molecule has 1 saturated carbocycles. The molecule has 4 rings (SSSR count). The Balaban J connectivity index is 1.70. The van der Waals surface area contributed by atoms with Crippen molar-refractivity contribution in [2.75, 3.05) is 55.9 Å². The van der Waals surface area contributed by atoms with E-state index in [4.69, 9.17) is 19.8 Å². The lowest BCUT2D eigenvalue weighted by Gasteiger charge is -2.31. The quantitative estimate of drug-likeness (QED) is 0.537. The molecule has 1 saturated heterocycles. The smallest absolute Gasteiger partial charge is 0.319 e. The second-order valence-corrected chi connectivity index (χ2v) is 11.0. The molecular formula is C23H31N5O5S. The Morgan fingerprint density at radius 2 is 1.82 bits per heavy atom. The van der Waals surface area contributed by atoms with Gasteiger partial charge in [-0.2, -0.15) is 0 Å². The maximum atomic E-state index is 13.0. The van der Waals surface area contributed by atoms with Crippen molar-refractivity contribution in [3.8, 4) is 11.4 Å². The van der Waals surface area contributed by atoms with E-state index in [1.807, 2.05) is 6.07 Å². The molecule has 2 fully saturated rings. The van der Waals surface area contributed by atoms with Crippen LogP contribution in [-0.2, 0) is 19.3 Å². The lowest BCUT2D eigenvalue weighted by Crippen LogP contribution is -2.38. The van der Waals surface area contributed by atoms with E-state index in [9.17, 15) is 13.2 Å². The lowest BCUT2D eigenvalue weighted by atomic mass is 10.0. The predicted octanol–water partition coefficient (Wildman–Crippen LogP) is 1.91. The van der Waals surface area contributed by atoms with Crippen molar-refractivity contribution in [1.82, 2.24) is 15.3 Å². The minimum absolute atomic E-state index is 0.138. The predicted molar refractivity (Wildman–Crippen MR) is 130 cm³/mol. The number of amides is 2. The van der Waals surface area contributed by atoms with Gasteiger partial charge in [-0.15, -0.1) is 0 Å². The Hall–Kier alpha value is -2.76. The summed E-state index contributed by atoms with van der Waals surface area (Å²) in [5.74, 6) is 1.15. The monoisotopic (exact) mass is 489 g/mol. The van der Waals surface area contributed by atoms with Gasteiger partial charge in [0.1, 0.15) is 10.6 Å². The summed E-state index contributed by atoms with van der Waals surface area (Å²) in [5.41, 5.74) is 1.84. The van der Waals surface area contributed by atoms with Crippen molar-refractivity contribution in [1.29, 1.82) is 0 Å². The number of nitrogens with one attached hydrogen (secondary N) is 2. The first-order valence-corrected chi connectivity index (χ1v) is 13.4. The number of nitrogens with zero attached hydrogens (tertiary/aromatic N) is 3. The van der Waals surface area contributed by atoms with E-state index in [1.165, 1.54) is 6.26 Å². The van der Waals surface area contributed by atoms with Crippen LogP contribution in [0.15, 0.2) is 30.3 Å². The molecule has 184 valence electrons. The van der Waals surface area contributed by atoms with E-state index >= 15 is 0 Å². The van der Waals surface area contributed by atoms with E-state index in [-0.39, 0.29) is 13.2 Å².